The molecule has 2 heterocycles. The van der Waals surface area contributed by atoms with Crippen LogP contribution in [0.3, 0.4) is 0 Å². The predicted molar refractivity (Wildman–Crippen MR) is 56.2 cm³/mol. The van der Waals surface area contributed by atoms with Crippen molar-refractivity contribution in [1.82, 2.24) is 20.3 Å². The summed E-state index contributed by atoms with van der Waals surface area (Å²) in [4.78, 5) is 0. The molecular formula is C10H18N4O. The highest BCUT2D eigenvalue weighted by Gasteiger charge is 2.23. The molecule has 0 radical (unpaired) electrons. The highest BCUT2D eigenvalue weighted by Crippen LogP contribution is 2.19. The van der Waals surface area contributed by atoms with Gasteiger partial charge in [-0.3, -0.25) is 4.68 Å². The van der Waals surface area contributed by atoms with Gasteiger partial charge in [0, 0.05) is 26.7 Å². The van der Waals surface area contributed by atoms with E-state index in [-0.39, 0.29) is 0 Å². The van der Waals surface area contributed by atoms with E-state index in [4.69, 9.17) is 4.74 Å². The first-order valence-electron chi connectivity index (χ1n) is 5.43. The molecule has 1 fully saturated rings. The number of ether oxygens (including phenoxy) is 1. The largest absolute Gasteiger partial charge is 0.378 e. The van der Waals surface area contributed by atoms with E-state index in [2.05, 4.69) is 22.6 Å². The van der Waals surface area contributed by atoms with Gasteiger partial charge in [0.1, 0.15) is 0 Å². The molecular weight excluding hydrogens is 192 g/mol. The maximum Gasteiger partial charge on any atom is 0.0738 e. The van der Waals surface area contributed by atoms with Crippen molar-refractivity contribution in [3.05, 3.63) is 11.9 Å². The average molecular weight is 210 g/mol. The molecule has 1 aliphatic rings. The lowest BCUT2D eigenvalue weighted by Gasteiger charge is -2.14. The van der Waals surface area contributed by atoms with Gasteiger partial charge in [0.05, 0.1) is 18.0 Å². The maximum absolute atomic E-state index is 5.51. The highest BCUT2D eigenvalue weighted by molar-refractivity contribution is 4.92. The number of nitrogens with one attached hydrogen (secondary N) is 1. The molecule has 1 saturated heterocycles. The minimum Gasteiger partial charge on any atom is -0.378 e. The summed E-state index contributed by atoms with van der Waals surface area (Å²) in [5.41, 5.74) is 1.11. The van der Waals surface area contributed by atoms with Gasteiger partial charge in [0.25, 0.3) is 0 Å². The molecule has 0 saturated carbocycles. The van der Waals surface area contributed by atoms with Gasteiger partial charge in [-0.05, 0) is 19.3 Å². The zero-order valence-electron chi connectivity index (χ0n) is 9.31. The predicted octanol–water partition coefficient (Wildman–Crippen LogP) is 0.330. The molecule has 84 valence electrons. The van der Waals surface area contributed by atoms with E-state index in [0.717, 1.165) is 31.8 Å². The minimum atomic E-state index is 0.391. The van der Waals surface area contributed by atoms with Crippen molar-refractivity contribution in [2.24, 2.45) is 13.0 Å². The van der Waals surface area contributed by atoms with Crippen molar-refractivity contribution in [3.8, 4) is 0 Å². The average Bonchev–Trinajstić information content (AvgIpc) is 2.78. The van der Waals surface area contributed by atoms with Gasteiger partial charge in [0.2, 0.25) is 0 Å². The quantitative estimate of drug-likeness (QED) is 0.778. The monoisotopic (exact) mass is 210 g/mol. The van der Waals surface area contributed by atoms with Crippen LogP contribution in [0.5, 0.6) is 0 Å². The van der Waals surface area contributed by atoms with Crippen LogP contribution in [-0.2, 0) is 18.3 Å². The fraction of sp³-hybridized carbons (Fsp3) is 0.800. The van der Waals surface area contributed by atoms with E-state index in [1.165, 1.54) is 0 Å². The summed E-state index contributed by atoms with van der Waals surface area (Å²) in [5, 5.41) is 11.1. The Bertz CT molecular complexity index is 312. The summed E-state index contributed by atoms with van der Waals surface area (Å²) in [6, 6.07) is 0. The number of aromatic nitrogens is 3. The lowest BCUT2D eigenvalue weighted by molar-refractivity contribution is 0.105. The Kier molecular flexibility index (Phi) is 3.33. The van der Waals surface area contributed by atoms with Crippen molar-refractivity contribution in [2.45, 2.75) is 26.0 Å². The molecule has 1 aromatic heterocycles. The standard InChI is InChI=1S/C10H18N4O/c1-8-9(3-4-15-8)5-11-6-10-7-12-13-14(10)2/h7-9,11H,3-6H2,1-2H3. The first kappa shape index (κ1) is 10.6. The van der Waals surface area contributed by atoms with Crippen molar-refractivity contribution in [2.75, 3.05) is 13.2 Å². The second-order valence-corrected chi connectivity index (χ2v) is 4.10. The van der Waals surface area contributed by atoms with E-state index in [1.807, 2.05) is 7.05 Å². The van der Waals surface area contributed by atoms with Crippen molar-refractivity contribution in [1.29, 1.82) is 0 Å². The third kappa shape index (κ3) is 2.54. The number of hydrogen-bond donors (Lipinski definition) is 1. The molecule has 0 amide bonds. The Morgan fingerprint density at radius 3 is 3.13 bits per heavy atom. The Morgan fingerprint density at radius 1 is 1.67 bits per heavy atom. The second-order valence-electron chi connectivity index (χ2n) is 4.10. The topological polar surface area (TPSA) is 52.0 Å². The van der Waals surface area contributed by atoms with E-state index in [0.29, 0.717) is 12.0 Å². The summed E-state index contributed by atoms with van der Waals surface area (Å²) in [5.74, 6) is 0.645. The number of hydrogen-bond acceptors (Lipinski definition) is 4. The number of rotatable bonds is 4. The number of aryl methyl sites for hydroxylation is 1. The van der Waals surface area contributed by atoms with Gasteiger partial charge < -0.3 is 10.1 Å². The molecule has 0 bridgehead atoms. The van der Waals surface area contributed by atoms with Gasteiger partial charge in [-0.1, -0.05) is 5.21 Å². The van der Waals surface area contributed by atoms with Crippen LogP contribution in [0.1, 0.15) is 19.0 Å². The summed E-state index contributed by atoms with van der Waals surface area (Å²) in [6.45, 7) is 4.88. The molecule has 1 N–H and O–H groups in total. The summed E-state index contributed by atoms with van der Waals surface area (Å²) < 4.78 is 7.30. The molecule has 15 heavy (non-hydrogen) atoms. The van der Waals surface area contributed by atoms with E-state index in [9.17, 15) is 0 Å². The Labute approximate surface area is 89.8 Å². The van der Waals surface area contributed by atoms with E-state index in [1.54, 1.807) is 10.9 Å². The van der Waals surface area contributed by atoms with Crippen molar-refractivity contribution < 1.29 is 4.74 Å². The third-order valence-corrected chi connectivity index (χ3v) is 3.05. The SMILES string of the molecule is CC1OCCC1CNCc1cnnn1C. The molecule has 1 aliphatic heterocycles. The van der Waals surface area contributed by atoms with Crippen LogP contribution in [0, 0.1) is 5.92 Å². The van der Waals surface area contributed by atoms with Crippen LogP contribution >= 0.6 is 0 Å². The fourth-order valence-electron chi connectivity index (χ4n) is 1.90. The molecule has 0 spiro atoms. The summed E-state index contributed by atoms with van der Waals surface area (Å²) in [6.07, 6.45) is 3.35. The number of nitrogens with zero attached hydrogens (tertiary/aromatic N) is 3. The van der Waals surface area contributed by atoms with Crippen LogP contribution in [0.2, 0.25) is 0 Å². The van der Waals surface area contributed by atoms with Crippen LogP contribution in [0.25, 0.3) is 0 Å². The highest BCUT2D eigenvalue weighted by atomic mass is 16.5. The van der Waals surface area contributed by atoms with Gasteiger partial charge >= 0.3 is 0 Å². The Morgan fingerprint density at radius 2 is 2.53 bits per heavy atom. The summed E-state index contributed by atoms with van der Waals surface area (Å²) in [7, 11) is 1.91. The molecule has 1 aromatic rings. The first-order chi connectivity index (χ1) is 7.27. The molecule has 0 aliphatic carbocycles. The van der Waals surface area contributed by atoms with Gasteiger partial charge in [-0.25, -0.2) is 0 Å². The van der Waals surface area contributed by atoms with Crippen molar-refractivity contribution >= 4 is 0 Å². The minimum absolute atomic E-state index is 0.391. The van der Waals surface area contributed by atoms with Crippen molar-refractivity contribution in [3.63, 3.8) is 0 Å². The van der Waals surface area contributed by atoms with Gasteiger partial charge in [0.15, 0.2) is 0 Å². The zero-order chi connectivity index (χ0) is 10.7. The third-order valence-electron chi connectivity index (χ3n) is 3.05. The molecule has 2 unspecified atom stereocenters. The van der Waals surface area contributed by atoms with Gasteiger partial charge in [-0.15, -0.1) is 5.10 Å². The second kappa shape index (κ2) is 4.72. The van der Waals surface area contributed by atoms with Crippen LogP contribution in [-0.4, -0.2) is 34.2 Å². The first-order valence-corrected chi connectivity index (χ1v) is 5.43. The Hall–Kier alpha value is -0.940. The molecule has 0 aromatic carbocycles. The molecule has 5 nitrogen and oxygen atoms in total. The fourth-order valence-corrected chi connectivity index (χ4v) is 1.90. The van der Waals surface area contributed by atoms with Gasteiger partial charge in [-0.2, -0.15) is 0 Å². The normalized spacial score (nSPS) is 26.0. The molecule has 2 atom stereocenters. The molecule has 5 heteroatoms. The zero-order valence-corrected chi connectivity index (χ0v) is 9.31. The van der Waals surface area contributed by atoms with Crippen LogP contribution in [0.15, 0.2) is 6.20 Å². The smallest absolute Gasteiger partial charge is 0.0738 e. The lowest BCUT2D eigenvalue weighted by Crippen LogP contribution is -2.27. The van der Waals surface area contributed by atoms with E-state index < -0.39 is 0 Å². The molecule has 2 rings (SSSR count). The van der Waals surface area contributed by atoms with E-state index >= 15 is 0 Å². The summed E-state index contributed by atoms with van der Waals surface area (Å²) >= 11 is 0. The van der Waals surface area contributed by atoms with Crippen LogP contribution < -0.4 is 5.32 Å². The lowest BCUT2D eigenvalue weighted by atomic mass is 10.0. The van der Waals surface area contributed by atoms with Crippen LogP contribution in [0.4, 0.5) is 0 Å². The maximum atomic E-state index is 5.51. The Balaban J connectivity index is 1.73.